The molecule has 0 spiro atoms. The molecular weight excluding hydrogens is 314 g/mol. The highest BCUT2D eigenvalue weighted by atomic mass is 32.2. The topological polar surface area (TPSA) is 78.5 Å². The molecule has 7 heteroatoms. The fraction of sp³-hybridized carbons (Fsp3) is 0.562. The van der Waals surface area contributed by atoms with Crippen molar-refractivity contribution in [1.82, 2.24) is 14.9 Å². The quantitative estimate of drug-likeness (QED) is 0.868. The second-order valence-electron chi connectivity index (χ2n) is 6.41. The molecule has 3 rings (SSSR count). The molecule has 2 fully saturated rings. The van der Waals surface area contributed by atoms with Crippen molar-refractivity contribution >= 4 is 16.1 Å². The Balaban J connectivity index is 1.42. The number of hydrogen-bond donors (Lipinski definition) is 2. The summed E-state index contributed by atoms with van der Waals surface area (Å²) in [7, 11) is -3.12. The molecule has 1 heterocycles. The molecule has 1 aliphatic heterocycles. The highest BCUT2D eigenvalue weighted by Gasteiger charge is 2.39. The molecule has 2 N–H and O–H groups in total. The van der Waals surface area contributed by atoms with E-state index in [1.807, 2.05) is 18.2 Å². The van der Waals surface area contributed by atoms with E-state index in [0.29, 0.717) is 31.8 Å². The van der Waals surface area contributed by atoms with Crippen LogP contribution < -0.4 is 10.6 Å². The molecule has 2 aliphatic rings. The monoisotopic (exact) mass is 337 g/mol. The Morgan fingerprint density at radius 1 is 1.13 bits per heavy atom. The van der Waals surface area contributed by atoms with E-state index in [1.54, 1.807) is 0 Å². The van der Waals surface area contributed by atoms with Crippen molar-refractivity contribution in [3.8, 4) is 0 Å². The van der Waals surface area contributed by atoms with Gasteiger partial charge in [-0.1, -0.05) is 30.3 Å². The fourth-order valence-corrected chi connectivity index (χ4v) is 4.02. The molecule has 2 amide bonds. The first-order chi connectivity index (χ1) is 10.9. The molecule has 23 heavy (non-hydrogen) atoms. The summed E-state index contributed by atoms with van der Waals surface area (Å²) in [4.78, 5) is 12.1. The number of urea groups is 1. The van der Waals surface area contributed by atoms with E-state index in [1.165, 1.54) is 16.1 Å². The number of carbonyl (C=O) groups is 1. The van der Waals surface area contributed by atoms with E-state index >= 15 is 0 Å². The third-order valence-electron chi connectivity index (χ3n) is 4.59. The maximum absolute atomic E-state index is 12.1. The summed E-state index contributed by atoms with van der Waals surface area (Å²) < 4.78 is 24.4. The lowest BCUT2D eigenvalue weighted by atomic mass is 10.1. The average Bonchev–Trinajstić information content (AvgIpc) is 3.27. The maximum atomic E-state index is 12.1. The first kappa shape index (κ1) is 16.3. The minimum Gasteiger partial charge on any atom is -0.335 e. The van der Waals surface area contributed by atoms with Gasteiger partial charge in [-0.2, -0.15) is 0 Å². The number of benzene rings is 1. The zero-order chi connectivity index (χ0) is 16.4. The fourth-order valence-electron chi connectivity index (χ4n) is 3.15. The predicted octanol–water partition coefficient (Wildman–Crippen LogP) is 1.27. The van der Waals surface area contributed by atoms with Crippen molar-refractivity contribution < 1.29 is 13.2 Å². The van der Waals surface area contributed by atoms with Crippen molar-refractivity contribution in [2.45, 2.75) is 37.3 Å². The van der Waals surface area contributed by atoms with Gasteiger partial charge >= 0.3 is 6.03 Å². The first-order valence-electron chi connectivity index (χ1n) is 8.00. The molecule has 1 aromatic rings. The smallest absolute Gasteiger partial charge is 0.315 e. The van der Waals surface area contributed by atoms with Crippen molar-refractivity contribution in [2.24, 2.45) is 0 Å². The Kier molecular flexibility index (Phi) is 4.59. The van der Waals surface area contributed by atoms with E-state index in [4.69, 9.17) is 0 Å². The summed E-state index contributed by atoms with van der Waals surface area (Å²) in [5, 5.41) is 5.97. The largest absolute Gasteiger partial charge is 0.335 e. The summed E-state index contributed by atoms with van der Waals surface area (Å²) in [5.41, 5.74) is 1.26. The van der Waals surface area contributed by atoms with E-state index < -0.39 is 10.0 Å². The molecule has 0 bridgehead atoms. The van der Waals surface area contributed by atoms with Crippen molar-refractivity contribution in [1.29, 1.82) is 0 Å². The molecule has 6 nitrogen and oxygen atoms in total. The Morgan fingerprint density at radius 3 is 2.39 bits per heavy atom. The second-order valence-corrected chi connectivity index (χ2v) is 8.40. The van der Waals surface area contributed by atoms with Gasteiger partial charge < -0.3 is 10.6 Å². The van der Waals surface area contributed by atoms with Crippen molar-refractivity contribution in [3.05, 3.63) is 35.9 Å². The molecule has 0 unspecified atom stereocenters. The minimum absolute atomic E-state index is 0.0434. The third kappa shape index (κ3) is 4.23. The molecule has 0 aromatic heterocycles. The summed E-state index contributed by atoms with van der Waals surface area (Å²) >= 11 is 0. The van der Waals surface area contributed by atoms with Crippen LogP contribution in [-0.2, 0) is 10.0 Å². The molecule has 1 aromatic carbocycles. The predicted molar refractivity (Wildman–Crippen MR) is 88.7 cm³/mol. The number of rotatable bonds is 4. The van der Waals surface area contributed by atoms with Crippen LogP contribution in [0, 0.1) is 0 Å². The van der Waals surface area contributed by atoms with E-state index in [2.05, 4.69) is 22.8 Å². The number of nitrogens with one attached hydrogen (secondary N) is 2. The van der Waals surface area contributed by atoms with Gasteiger partial charge in [-0.3, -0.25) is 0 Å². The number of amides is 2. The lowest BCUT2D eigenvalue weighted by Gasteiger charge is -2.30. The average molecular weight is 337 g/mol. The van der Waals surface area contributed by atoms with Crippen molar-refractivity contribution in [3.63, 3.8) is 0 Å². The Bertz CT molecular complexity index is 654. The lowest BCUT2D eigenvalue weighted by Crippen LogP contribution is -2.49. The van der Waals surface area contributed by atoms with Gasteiger partial charge in [-0.15, -0.1) is 0 Å². The van der Waals surface area contributed by atoms with Crippen LogP contribution in [0.1, 0.15) is 30.7 Å². The summed E-state index contributed by atoms with van der Waals surface area (Å²) in [6.07, 6.45) is 3.52. The number of carbonyl (C=O) groups excluding carboxylic acids is 1. The van der Waals surface area contributed by atoms with Gasteiger partial charge in [0, 0.05) is 31.1 Å². The van der Waals surface area contributed by atoms with Crippen LogP contribution >= 0.6 is 0 Å². The summed E-state index contributed by atoms with van der Waals surface area (Å²) in [6, 6.07) is 10.3. The molecule has 2 atom stereocenters. The standard InChI is InChI=1S/C16H23N3O3S/c1-23(21,22)19-9-7-13(8-10-19)17-16(20)18-15-11-14(15)12-5-3-2-4-6-12/h2-6,13-15H,7-11H2,1H3,(H2,17,18,20)/t14-,15+/m0/s1. The molecular formula is C16H23N3O3S. The van der Waals surface area contributed by atoms with Gasteiger partial charge in [0.25, 0.3) is 0 Å². The minimum atomic E-state index is -3.12. The van der Waals surface area contributed by atoms with Crippen LogP contribution in [0.25, 0.3) is 0 Å². The Labute approximate surface area is 137 Å². The van der Waals surface area contributed by atoms with Crippen molar-refractivity contribution in [2.75, 3.05) is 19.3 Å². The molecule has 1 saturated heterocycles. The lowest BCUT2D eigenvalue weighted by molar-refractivity contribution is 0.227. The normalized spacial score (nSPS) is 25.8. The van der Waals surface area contributed by atoms with Crippen LogP contribution in [0.2, 0.25) is 0 Å². The SMILES string of the molecule is CS(=O)(=O)N1CCC(NC(=O)N[C@@H]2C[C@H]2c2ccccc2)CC1. The second kappa shape index (κ2) is 6.49. The van der Waals surface area contributed by atoms with E-state index in [-0.39, 0.29) is 18.1 Å². The number of piperidine rings is 1. The van der Waals surface area contributed by atoms with Crippen LogP contribution in [0.4, 0.5) is 4.79 Å². The van der Waals surface area contributed by atoms with Crippen LogP contribution in [0.3, 0.4) is 0 Å². The molecule has 1 saturated carbocycles. The van der Waals surface area contributed by atoms with Gasteiger partial charge in [-0.25, -0.2) is 17.5 Å². The highest BCUT2D eigenvalue weighted by molar-refractivity contribution is 7.88. The number of nitrogens with zero attached hydrogens (tertiary/aromatic N) is 1. The molecule has 0 radical (unpaired) electrons. The molecule has 126 valence electrons. The first-order valence-corrected chi connectivity index (χ1v) is 9.85. The van der Waals surface area contributed by atoms with Gasteiger partial charge in [0.2, 0.25) is 10.0 Å². The van der Waals surface area contributed by atoms with Crippen LogP contribution in [0.15, 0.2) is 30.3 Å². The third-order valence-corrected chi connectivity index (χ3v) is 5.90. The van der Waals surface area contributed by atoms with Gasteiger partial charge in [0.15, 0.2) is 0 Å². The maximum Gasteiger partial charge on any atom is 0.315 e. The van der Waals surface area contributed by atoms with Crippen LogP contribution in [-0.4, -0.2) is 50.2 Å². The zero-order valence-corrected chi connectivity index (χ0v) is 14.1. The van der Waals surface area contributed by atoms with Gasteiger partial charge in [0.05, 0.1) is 6.26 Å². The van der Waals surface area contributed by atoms with E-state index in [9.17, 15) is 13.2 Å². The zero-order valence-electron chi connectivity index (χ0n) is 13.2. The molecule has 1 aliphatic carbocycles. The number of sulfonamides is 1. The Hall–Kier alpha value is -1.60. The number of hydrogen-bond acceptors (Lipinski definition) is 3. The summed E-state index contributed by atoms with van der Waals surface area (Å²) in [6.45, 7) is 0.944. The highest BCUT2D eigenvalue weighted by Crippen LogP contribution is 2.40. The van der Waals surface area contributed by atoms with Crippen LogP contribution in [0.5, 0.6) is 0 Å². The Morgan fingerprint density at radius 2 is 1.78 bits per heavy atom. The van der Waals surface area contributed by atoms with Gasteiger partial charge in [0.1, 0.15) is 0 Å². The van der Waals surface area contributed by atoms with E-state index in [0.717, 1.165) is 6.42 Å². The van der Waals surface area contributed by atoms with Gasteiger partial charge in [-0.05, 0) is 24.8 Å². The summed E-state index contributed by atoms with van der Waals surface area (Å²) in [5.74, 6) is 0.411.